The number of rotatable bonds is 7. The Morgan fingerprint density at radius 1 is 1.04 bits per heavy atom. The third-order valence-corrected chi connectivity index (χ3v) is 4.88. The third kappa shape index (κ3) is 4.99. The van der Waals surface area contributed by atoms with Crippen molar-refractivity contribution in [2.75, 3.05) is 12.4 Å². The summed E-state index contributed by atoms with van der Waals surface area (Å²) in [4.78, 5) is 24.7. The average Bonchev–Trinajstić information content (AvgIpc) is 3.18. The molecule has 3 aromatic rings. The summed E-state index contributed by atoms with van der Waals surface area (Å²) in [7, 11) is 1.56. The van der Waals surface area contributed by atoms with Gasteiger partial charge < -0.3 is 15.4 Å². The van der Waals surface area contributed by atoms with Crippen LogP contribution in [0.15, 0.2) is 54.6 Å². The molecule has 144 valence electrons. The molecule has 0 aliphatic heterocycles. The second-order valence-electron chi connectivity index (χ2n) is 6.07. The van der Waals surface area contributed by atoms with Crippen LogP contribution in [0, 0.1) is 0 Å². The number of carbonyl (C=O) groups excluding carboxylic acids is 2. The van der Waals surface area contributed by atoms with Gasteiger partial charge in [0.1, 0.15) is 5.01 Å². The fraction of sp³-hybridized carbons (Fsp3) is 0.200. The Morgan fingerprint density at radius 3 is 2.43 bits per heavy atom. The molecule has 0 saturated carbocycles. The fourth-order valence-corrected chi connectivity index (χ4v) is 3.23. The van der Waals surface area contributed by atoms with E-state index in [4.69, 9.17) is 4.74 Å². The minimum atomic E-state index is -0.352. The van der Waals surface area contributed by atoms with Crippen molar-refractivity contribution in [2.24, 2.45) is 0 Å². The molecule has 2 N–H and O–H groups in total. The van der Waals surface area contributed by atoms with E-state index in [0.717, 1.165) is 5.56 Å². The maximum absolute atomic E-state index is 12.4. The molecule has 2 amide bonds. The molecule has 8 heteroatoms. The molecule has 1 heterocycles. The van der Waals surface area contributed by atoms with Crippen molar-refractivity contribution in [1.82, 2.24) is 15.5 Å². The lowest BCUT2D eigenvalue weighted by atomic mass is 10.1. The van der Waals surface area contributed by atoms with Crippen LogP contribution in [0.4, 0.5) is 5.69 Å². The van der Waals surface area contributed by atoms with Crippen molar-refractivity contribution in [2.45, 2.75) is 19.6 Å². The predicted molar refractivity (Wildman–Crippen MR) is 107 cm³/mol. The SMILES string of the molecule is COCc1nnc(C(=O)Nc2ccc(C(=O)N[C@@H](C)c3ccccc3)cc2)s1. The molecule has 0 radical (unpaired) electrons. The van der Waals surface area contributed by atoms with Crippen LogP contribution in [0.1, 0.15) is 43.7 Å². The predicted octanol–water partition coefficient (Wildman–Crippen LogP) is 3.43. The van der Waals surface area contributed by atoms with Crippen molar-refractivity contribution in [1.29, 1.82) is 0 Å². The van der Waals surface area contributed by atoms with Crippen LogP contribution in [-0.2, 0) is 11.3 Å². The van der Waals surface area contributed by atoms with E-state index in [9.17, 15) is 9.59 Å². The number of amides is 2. The standard InChI is InChI=1S/C20H20N4O3S/c1-13(14-6-4-3-5-7-14)21-18(25)15-8-10-16(11-9-15)22-19(26)20-24-23-17(28-20)12-27-2/h3-11,13H,12H2,1-2H3,(H,21,25)(H,22,26)/t13-/m0/s1. The Labute approximate surface area is 166 Å². The molecule has 0 spiro atoms. The van der Waals surface area contributed by atoms with Crippen LogP contribution in [-0.4, -0.2) is 29.1 Å². The summed E-state index contributed by atoms with van der Waals surface area (Å²) in [6.45, 7) is 2.25. The summed E-state index contributed by atoms with van der Waals surface area (Å²) in [5, 5.41) is 14.3. The maximum Gasteiger partial charge on any atom is 0.286 e. The van der Waals surface area contributed by atoms with Gasteiger partial charge in [-0.15, -0.1) is 10.2 Å². The number of hydrogen-bond donors (Lipinski definition) is 2. The van der Waals surface area contributed by atoms with Crippen LogP contribution < -0.4 is 10.6 Å². The second-order valence-corrected chi connectivity index (χ2v) is 7.13. The van der Waals surface area contributed by atoms with Crippen molar-refractivity contribution in [3.8, 4) is 0 Å². The summed E-state index contributed by atoms with van der Waals surface area (Å²) in [6, 6.07) is 16.3. The van der Waals surface area contributed by atoms with Gasteiger partial charge in [-0.1, -0.05) is 41.7 Å². The van der Waals surface area contributed by atoms with E-state index in [1.165, 1.54) is 11.3 Å². The Balaban J connectivity index is 1.59. The Hall–Kier alpha value is -3.10. The molecule has 0 aliphatic rings. The molecule has 2 aromatic carbocycles. The van der Waals surface area contributed by atoms with Gasteiger partial charge >= 0.3 is 0 Å². The van der Waals surface area contributed by atoms with E-state index in [2.05, 4.69) is 20.8 Å². The molecule has 0 fully saturated rings. The van der Waals surface area contributed by atoms with E-state index in [1.54, 1.807) is 31.4 Å². The summed E-state index contributed by atoms with van der Waals surface area (Å²) in [6.07, 6.45) is 0. The smallest absolute Gasteiger partial charge is 0.286 e. The lowest BCUT2D eigenvalue weighted by Gasteiger charge is -2.14. The van der Waals surface area contributed by atoms with E-state index >= 15 is 0 Å². The Kier molecular flexibility index (Phi) is 6.46. The number of methoxy groups -OCH3 is 1. The lowest BCUT2D eigenvalue weighted by Crippen LogP contribution is -2.26. The number of anilines is 1. The molecule has 1 atom stereocenters. The summed E-state index contributed by atoms with van der Waals surface area (Å²) >= 11 is 1.17. The number of aromatic nitrogens is 2. The van der Waals surface area contributed by atoms with E-state index in [0.29, 0.717) is 22.9 Å². The first kappa shape index (κ1) is 19.7. The van der Waals surface area contributed by atoms with Gasteiger partial charge in [0.25, 0.3) is 11.8 Å². The van der Waals surface area contributed by atoms with E-state index < -0.39 is 0 Å². The molecule has 0 aliphatic carbocycles. The van der Waals surface area contributed by atoms with Gasteiger partial charge in [0.2, 0.25) is 5.01 Å². The first-order valence-corrected chi connectivity index (χ1v) is 9.47. The highest BCUT2D eigenvalue weighted by Crippen LogP contribution is 2.16. The lowest BCUT2D eigenvalue weighted by molar-refractivity contribution is 0.0939. The van der Waals surface area contributed by atoms with Gasteiger partial charge in [0.15, 0.2) is 0 Å². The van der Waals surface area contributed by atoms with Gasteiger partial charge in [-0.25, -0.2) is 0 Å². The third-order valence-electron chi connectivity index (χ3n) is 3.98. The number of carbonyl (C=O) groups is 2. The van der Waals surface area contributed by atoms with Crippen molar-refractivity contribution in [3.63, 3.8) is 0 Å². The number of hydrogen-bond acceptors (Lipinski definition) is 6. The molecule has 0 unspecified atom stereocenters. The average molecular weight is 396 g/mol. The van der Waals surface area contributed by atoms with Crippen LogP contribution in [0.5, 0.6) is 0 Å². The quantitative estimate of drug-likeness (QED) is 0.638. The summed E-state index contributed by atoms with van der Waals surface area (Å²) < 4.78 is 4.97. The first-order chi connectivity index (χ1) is 13.6. The molecule has 0 saturated heterocycles. The molecular weight excluding hydrogens is 376 g/mol. The first-order valence-electron chi connectivity index (χ1n) is 8.65. The molecule has 7 nitrogen and oxygen atoms in total. The normalized spacial score (nSPS) is 11.6. The molecule has 1 aromatic heterocycles. The number of nitrogens with zero attached hydrogens (tertiary/aromatic N) is 2. The van der Waals surface area contributed by atoms with Crippen LogP contribution in [0.3, 0.4) is 0 Å². The molecular formula is C20H20N4O3S. The van der Waals surface area contributed by atoms with Gasteiger partial charge in [0.05, 0.1) is 12.6 Å². The van der Waals surface area contributed by atoms with Gasteiger partial charge in [-0.2, -0.15) is 0 Å². The summed E-state index contributed by atoms with van der Waals surface area (Å²) in [5.74, 6) is -0.530. The zero-order chi connectivity index (χ0) is 19.9. The Morgan fingerprint density at radius 2 is 1.75 bits per heavy atom. The zero-order valence-corrected chi connectivity index (χ0v) is 16.3. The zero-order valence-electron chi connectivity index (χ0n) is 15.5. The maximum atomic E-state index is 12.4. The minimum Gasteiger partial charge on any atom is -0.377 e. The topological polar surface area (TPSA) is 93.2 Å². The van der Waals surface area contributed by atoms with E-state index in [-0.39, 0.29) is 22.9 Å². The highest BCUT2D eigenvalue weighted by molar-refractivity contribution is 7.13. The monoisotopic (exact) mass is 396 g/mol. The molecule has 28 heavy (non-hydrogen) atoms. The van der Waals surface area contributed by atoms with Gasteiger partial charge in [0, 0.05) is 18.4 Å². The van der Waals surface area contributed by atoms with Crippen molar-refractivity contribution >= 4 is 28.8 Å². The largest absolute Gasteiger partial charge is 0.377 e. The number of ether oxygens (including phenoxy) is 1. The van der Waals surface area contributed by atoms with Crippen LogP contribution in [0.25, 0.3) is 0 Å². The fourth-order valence-electron chi connectivity index (χ4n) is 2.52. The minimum absolute atomic E-state index is 0.105. The van der Waals surface area contributed by atoms with Gasteiger partial charge in [-0.05, 0) is 36.8 Å². The molecule has 3 rings (SSSR count). The van der Waals surface area contributed by atoms with Crippen LogP contribution >= 0.6 is 11.3 Å². The Bertz CT molecular complexity index is 942. The number of nitrogens with one attached hydrogen (secondary N) is 2. The van der Waals surface area contributed by atoms with Gasteiger partial charge in [-0.3, -0.25) is 9.59 Å². The van der Waals surface area contributed by atoms with Crippen LogP contribution in [0.2, 0.25) is 0 Å². The van der Waals surface area contributed by atoms with E-state index in [1.807, 2.05) is 37.3 Å². The highest BCUT2D eigenvalue weighted by Gasteiger charge is 2.14. The number of benzene rings is 2. The second kappa shape index (κ2) is 9.20. The summed E-state index contributed by atoms with van der Waals surface area (Å²) in [5.41, 5.74) is 2.12. The molecule has 0 bridgehead atoms. The van der Waals surface area contributed by atoms with Crippen molar-refractivity contribution in [3.05, 3.63) is 75.7 Å². The van der Waals surface area contributed by atoms with Crippen molar-refractivity contribution < 1.29 is 14.3 Å². The highest BCUT2D eigenvalue weighted by atomic mass is 32.1.